The number of halogens is 4. The van der Waals surface area contributed by atoms with Crippen LogP contribution >= 0.6 is 22.9 Å². The van der Waals surface area contributed by atoms with Gasteiger partial charge in [-0.1, -0.05) is 11.6 Å². The molecule has 9 nitrogen and oxygen atoms in total. The minimum atomic E-state index is -4.46. The number of nitrogens with two attached hydrogens (primary N) is 1. The highest BCUT2D eigenvalue weighted by Crippen LogP contribution is 2.64. The van der Waals surface area contributed by atoms with Crippen LogP contribution in [0.3, 0.4) is 0 Å². The standard InChI is InChI=1S/C23H19ClF3N9S/c1-35-5-11-14(34-35)3-2-10(17(11)24)18-19-20(33-32-18)31-16(4-29-19)36-6-12-13(7-36)22(12,9-28)21-30-15(8-37-21)23(25,26)27/h2-5,8,12-13H,6-7,9,28H2,1H3,(H,31,32,33)/t12-,13+,22?. The van der Waals surface area contributed by atoms with Crippen molar-refractivity contribution in [3.8, 4) is 11.3 Å². The molecule has 4 aromatic heterocycles. The Morgan fingerprint density at radius 3 is 2.73 bits per heavy atom. The van der Waals surface area contributed by atoms with Crippen molar-refractivity contribution in [2.24, 2.45) is 24.6 Å². The summed E-state index contributed by atoms with van der Waals surface area (Å²) in [7, 11) is 1.84. The van der Waals surface area contributed by atoms with Crippen LogP contribution in [-0.4, -0.2) is 54.6 Å². The molecule has 0 spiro atoms. The Labute approximate surface area is 216 Å². The van der Waals surface area contributed by atoms with Gasteiger partial charge in [0, 0.05) is 54.6 Å². The molecule has 1 aromatic carbocycles. The number of benzene rings is 1. The normalized spacial score (nSPS) is 23.4. The summed E-state index contributed by atoms with van der Waals surface area (Å²) in [6.45, 7) is 1.49. The number of nitrogens with one attached hydrogen (secondary N) is 1. The zero-order valence-corrected chi connectivity index (χ0v) is 20.9. The summed E-state index contributed by atoms with van der Waals surface area (Å²) in [5, 5.41) is 14.7. The van der Waals surface area contributed by atoms with Gasteiger partial charge in [0.25, 0.3) is 0 Å². The summed E-state index contributed by atoms with van der Waals surface area (Å²) in [5.41, 5.74) is 7.98. The Bertz CT molecular complexity index is 1680. The number of aryl methyl sites for hydroxylation is 1. The molecule has 3 N–H and O–H groups in total. The molecule has 2 aliphatic rings. The van der Waals surface area contributed by atoms with Gasteiger partial charge in [0.2, 0.25) is 5.65 Å². The van der Waals surface area contributed by atoms with Crippen LogP contribution in [0.15, 0.2) is 29.9 Å². The molecule has 1 aliphatic carbocycles. The van der Waals surface area contributed by atoms with Crippen LogP contribution in [-0.2, 0) is 18.6 Å². The predicted octanol–water partition coefficient (Wildman–Crippen LogP) is 4.00. The minimum absolute atomic E-state index is 0.113. The number of rotatable bonds is 4. The van der Waals surface area contributed by atoms with Crippen molar-refractivity contribution in [2.75, 3.05) is 24.5 Å². The number of nitrogens with zero attached hydrogens (tertiary/aromatic N) is 7. The maximum atomic E-state index is 13.1. The number of alkyl halides is 3. The van der Waals surface area contributed by atoms with E-state index in [1.165, 1.54) is 0 Å². The summed E-state index contributed by atoms with van der Waals surface area (Å²) in [5.74, 6) is 0.886. The van der Waals surface area contributed by atoms with E-state index in [-0.39, 0.29) is 18.4 Å². The molecule has 7 rings (SSSR count). The topological polar surface area (TPSA) is 114 Å². The Kier molecular flexibility index (Phi) is 4.71. The van der Waals surface area contributed by atoms with Gasteiger partial charge in [-0.05, 0) is 24.0 Å². The first-order valence-electron chi connectivity index (χ1n) is 11.5. The van der Waals surface area contributed by atoms with Crippen molar-refractivity contribution in [3.63, 3.8) is 0 Å². The Hall–Kier alpha value is -3.29. The molecule has 37 heavy (non-hydrogen) atoms. The molecule has 0 amide bonds. The Morgan fingerprint density at radius 2 is 2.03 bits per heavy atom. The second kappa shape index (κ2) is 7.62. The first kappa shape index (κ1) is 22.9. The first-order valence-corrected chi connectivity index (χ1v) is 12.8. The third-order valence-corrected chi connectivity index (χ3v) is 9.09. The second-order valence-corrected chi connectivity index (χ2v) is 10.8. The van der Waals surface area contributed by atoms with Crippen molar-refractivity contribution in [1.29, 1.82) is 0 Å². The number of H-pyrrole nitrogens is 1. The van der Waals surface area contributed by atoms with Gasteiger partial charge in [0.1, 0.15) is 16.3 Å². The van der Waals surface area contributed by atoms with Crippen molar-refractivity contribution in [2.45, 2.75) is 11.6 Å². The zero-order chi connectivity index (χ0) is 25.7. The largest absolute Gasteiger partial charge is 0.434 e. The van der Waals surface area contributed by atoms with E-state index in [1.807, 2.05) is 25.4 Å². The number of aromatic amines is 1. The van der Waals surface area contributed by atoms with Gasteiger partial charge in [-0.25, -0.2) is 15.0 Å². The Morgan fingerprint density at radius 1 is 1.24 bits per heavy atom. The molecule has 1 saturated carbocycles. The van der Waals surface area contributed by atoms with E-state index in [2.05, 4.69) is 30.2 Å². The first-order chi connectivity index (χ1) is 17.7. The quantitative estimate of drug-likeness (QED) is 0.351. The number of hydrogen-bond donors (Lipinski definition) is 2. The van der Waals surface area contributed by atoms with Gasteiger partial charge in [-0.15, -0.1) is 11.3 Å². The molecule has 5 heterocycles. The van der Waals surface area contributed by atoms with E-state index in [0.29, 0.717) is 45.8 Å². The van der Waals surface area contributed by atoms with Crippen LogP contribution in [0.5, 0.6) is 0 Å². The summed E-state index contributed by atoms with van der Waals surface area (Å²) < 4.78 is 41.0. The second-order valence-electron chi connectivity index (χ2n) is 9.56. The van der Waals surface area contributed by atoms with Crippen LogP contribution in [0.25, 0.3) is 33.3 Å². The van der Waals surface area contributed by atoms with Gasteiger partial charge in [0.05, 0.1) is 22.4 Å². The molecule has 190 valence electrons. The molecular formula is C23H19ClF3N9S. The number of aromatic nitrogens is 7. The van der Waals surface area contributed by atoms with E-state index in [4.69, 9.17) is 22.3 Å². The average molecular weight is 546 g/mol. The number of piperidine rings is 1. The maximum Gasteiger partial charge on any atom is 0.434 e. The highest BCUT2D eigenvalue weighted by molar-refractivity contribution is 7.09. The maximum absolute atomic E-state index is 13.1. The van der Waals surface area contributed by atoms with Crippen LogP contribution in [0.1, 0.15) is 10.7 Å². The van der Waals surface area contributed by atoms with Crippen molar-refractivity contribution >= 4 is 50.8 Å². The van der Waals surface area contributed by atoms with Gasteiger partial charge < -0.3 is 10.6 Å². The summed E-state index contributed by atoms with van der Waals surface area (Å²) in [4.78, 5) is 15.3. The third-order valence-electron chi connectivity index (χ3n) is 7.65. The molecule has 3 atom stereocenters. The van der Waals surface area contributed by atoms with Crippen LogP contribution in [0, 0.1) is 11.8 Å². The fourth-order valence-electron chi connectivity index (χ4n) is 5.74. The van der Waals surface area contributed by atoms with Crippen molar-refractivity contribution < 1.29 is 13.2 Å². The summed E-state index contributed by atoms with van der Waals surface area (Å²) in [6, 6.07) is 3.77. The van der Waals surface area contributed by atoms with Crippen molar-refractivity contribution in [3.05, 3.63) is 45.6 Å². The Balaban J connectivity index is 1.15. The van der Waals surface area contributed by atoms with E-state index in [0.717, 1.165) is 33.2 Å². The monoisotopic (exact) mass is 545 g/mol. The molecule has 2 fully saturated rings. The highest BCUT2D eigenvalue weighted by atomic mass is 35.5. The highest BCUT2D eigenvalue weighted by Gasteiger charge is 2.70. The SMILES string of the molecule is Cn1cc2c(Cl)c(-c3[nH]nc4nc(N5C[C@@H]6[C@H](C5)C6(CN)c5nc(C(F)(F)F)cs5)cnc34)ccc2n1. The van der Waals surface area contributed by atoms with Gasteiger partial charge in [-0.2, -0.15) is 23.4 Å². The van der Waals surface area contributed by atoms with Crippen molar-refractivity contribution in [1.82, 2.24) is 34.9 Å². The predicted molar refractivity (Wildman–Crippen MR) is 133 cm³/mol. The molecule has 0 bridgehead atoms. The third kappa shape index (κ3) is 3.23. The molecule has 1 saturated heterocycles. The number of anilines is 1. The minimum Gasteiger partial charge on any atom is -0.355 e. The van der Waals surface area contributed by atoms with Gasteiger partial charge >= 0.3 is 6.18 Å². The molecular weight excluding hydrogens is 527 g/mol. The molecule has 1 aliphatic heterocycles. The van der Waals surface area contributed by atoms with Crippen LogP contribution in [0.2, 0.25) is 5.02 Å². The molecule has 14 heteroatoms. The van der Waals surface area contributed by atoms with Crippen LogP contribution in [0.4, 0.5) is 19.0 Å². The zero-order valence-electron chi connectivity index (χ0n) is 19.3. The molecule has 0 radical (unpaired) electrons. The molecule has 5 aromatic rings. The number of thiazole rings is 1. The summed E-state index contributed by atoms with van der Waals surface area (Å²) in [6.07, 6.45) is -0.904. The lowest BCUT2D eigenvalue weighted by Crippen LogP contribution is -2.35. The smallest absolute Gasteiger partial charge is 0.355 e. The summed E-state index contributed by atoms with van der Waals surface area (Å²) >= 11 is 7.73. The fourth-order valence-corrected chi connectivity index (χ4v) is 7.21. The molecule has 1 unspecified atom stereocenters. The lowest BCUT2D eigenvalue weighted by atomic mass is 10.0. The fraction of sp³-hybridized carbons (Fsp3) is 0.348. The lowest BCUT2D eigenvalue weighted by Gasteiger charge is -2.25. The number of hydrogen-bond acceptors (Lipinski definition) is 8. The average Bonchev–Trinajstić information content (AvgIpc) is 3.49. The van der Waals surface area contributed by atoms with E-state index in [1.54, 1.807) is 10.9 Å². The van der Waals surface area contributed by atoms with E-state index < -0.39 is 17.3 Å². The van der Waals surface area contributed by atoms with Gasteiger partial charge in [-0.3, -0.25) is 9.78 Å². The van der Waals surface area contributed by atoms with Crippen LogP contribution < -0.4 is 10.6 Å². The lowest BCUT2D eigenvalue weighted by molar-refractivity contribution is -0.140. The number of fused-ring (bicyclic) bond motifs is 3. The van der Waals surface area contributed by atoms with E-state index >= 15 is 0 Å². The van der Waals surface area contributed by atoms with Gasteiger partial charge in [0.15, 0.2) is 5.69 Å². The van der Waals surface area contributed by atoms with E-state index in [9.17, 15) is 13.2 Å².